The van der Waals surface area contributed by atoms with Crippen LogP contribution in [0.5, 0.6) is 0 Å². The molecule has 2 aliphatic carbocycles. The Balaban J connectivity index is 1.97. The molecule has 3 rings (SSSR count). The predicted molar refractivity (Wildman–Crippen MR) is 87.1 cm³/mol. The molecule has 3 nitrogen and oxygen atoms in total. The van der Waals surface area contributed by atoms with Crippen molar-refractivity contribution in [3.8, 4) is 0 Å². The van der Waals surface area contributed by atoms with Crippen LogP contribution in [0.1, 0.15) is 46.5 Å². The third kappa shape index (κ3) is 2.44. The highest BCUT2D eigenvalue weighted by Crippen LogP contribution is 2.54. The quantitative estimate of drug-likeness (QED) is 0.786. The zero-order valence-electron chi connectivity index (χ0n) is 13.9. The Morgan fingerprint density at radius 3 is 2.86 bits per heavy atom. The van der Waals surface area contributed by atoms with Crippen molar-refractivity contribution in [2.75, 3.05) is 0 Å². The number of allylic oxidation sites excluding steroid dienone is 3. The molecule has 0 spiro atoms. The van der Waals surface area contributed by atoms with Crippen LogP contribution in [-0.2, 0) is 4.74 Å². The van der Waals surface area contributed by atoms with E-state index in [1.165, 1.54) is 0 Å². The molecular formula is C19H28O3. The average molecular weight is 304 g/mol. The van der Waals surface area contributed by atoms with Gasteiger partial charge in [-0.15, -0.1) is 0 Å². The van der Waals surface area contributed by atoms with E-state index in [2.05, 4.69) is 26.5 Å². The summed E-state index contributed by atoms with van der Waals surface area (Å²) in [5, 5.41) is 21.4. The lowest BCUT2D eigenvalue weighted by Gasteiger charge is -2.44. The maximum Gasteiger partial charge on any atom is 0.131 e. The highest BCUT2D eigenvalue weighted by Gasteiger charge is 2.57. The maximum atomic E-state index is 10.8. The van der Waals surface area contributed by atoms with E-state index in [0.29, 0.717) is 5.92 Å². The molecular weight excluding hydrogens is 276 g/mol. The molecule has 2 unspecified atom stereocenters. The normalized spacial score (nSPS) is 43.6. The van der Waals surface area contributed by atoms with Crippen LogP contribution < -0.4 is 0 Å². The number of hydrogen-bond acceptors (Lipinski definition) is 3. The highest BCUT2D eigenvalue weighted by molar-refractivity contribution is 5.34. The van der Waals surface area contributed by atoms with E-state index >= 15 is 0 Å². The van der Waals surface area contributed by atoms with Crippen LogP contribution in [0.25, 0.3) is 0 Å². The summed E-state index contributed by atoms with van der Waals surface area (Å²) in [5.74, 6) is 1.24. The van der Waals surface area contributed by atoms with Gasteiger partial charge < -0.3 is 14.9 Å². The number of rotatable bonds is 3. The second-order valence-electron chi connectivity index (χ2n) is 7.52. The first-order valence-electron chi connectivity index (χ1n) is 8.50. The summed E-state index contributed by atoms with van der Waals surface area (Å²) in [6.07, 6.45) is 6.92. The fourth-order valence-corrected chi connectivity index (χ4v) is 4.57. The molecule has 1 heterocycles. The number of ether oxygens (including phenoxy) is 1. The smallest absolute Gasteiger partial charge is 0.131 e. The molecule has 0 radical (unpaired) electrons. The summed E-state index contributed by atoms with van der Waals surface area (Å²) in [6, 6.07) is 0. The van der Waals surface area contributed by atoms with E-state index in [0.717, 1.165) is 42.6 Å². The molecule has 1 aliphatic heterocycles. The van der Waals surface area contributed by atoms with Crippen molar-refractivity contribution >= 4 is 0 Å². The van der Waals surface area contributed by atoms with E-state index in [1.807, 2.05) is 13.0 Å². The Morgan fingerprint density at radius 1 is 1.50 bits per heavy atom. The predicted octanol–water partition coefficient (Wildman–Crippen LogP) is 3.34. The van der Waals surface area contributed by atoms with Crippen molar-refractivity contribution in [1.29, 1.82) is 0 Å². The lowest BCUT2D eigenvalue weighted by molar-refractivity contribution is -0.113. The molecule has 0 aromatic rings. The van der Waals surface area contributed by atoms with Gasteiger partial charge in [0, 0.05) is 5.92 Å². The van der Waals surface area contributed by atoms with Gasteiger partial charge in [0.15, 0.2) is 0 Å². The van der Waals surface area contributed by atoms with Crippen molar-refractivity contribution in [3.63, 3.8) is 0 Å². The van der Waals surface area contributed by atoms with Gasteiger partial charge in [-0.1, -0.05) is 31.6 Å². The van der Waals surface area contributed by atoms with E-state index in [4.69, 9.17) is 4.74 Å². The summed E-state index contributed by atoms with van der Waals surface area (Å²) >= 11 is 0. The average Bonchev–Trinajstić information content (AvgIpc) is 2.80. The molecule has 22 heavy (non-hydrogen) atoms. The molecule has 6 atom stereocenters. The Bertz CT molecular complexity index is 529. The van der Waals surface area contributed by atoms with Crippen LogP contribution in [0.4, 0.5) is 0 Å². The topological polar surface area (TPSA) is 49.7 Å². The van der Waals surface area contributed by atoms with Gasteiger partial charge in [0.05, 0.1) is 17.6 Å². The zero-order valence-corrected chi connectivity index (χ0v) is 13.9. The Hall–Kier alpha value is -1.06. The van der Waals surface area contributed by atoms with Gasteiger partial charge in [0.2, 0.25) is 0 Å². The summed E-state index contributed by atoms with van der Waals surface area (Å²) in [6.45, 7) is 10.2. The molecule has 3 heteroatoms. The number of aliphatic hydroxyl groups excluding tert-OH is 1. The standard InChI is InChI=1S/C19H28O3/c1-5-6-12-9-14(20)17-15(10-12)22-18-16(17)13(11(2)3)7-8-19(18,4)21/h9-10,13-14,16-18,20-21H,2,5-8H2,1,3-4H3/t13-,14?,16+,17?,18-,19-/m0/s1. The highest BCUT2D eigenvalue weighted by atomic mass is 16.5. The molecule has 3 aliphatic rings. The fourth-order valence-electron chi connectivity index (χ4n) is 4.57. The number of aliphatic hydroxyl groups is 2. The summed E-state index contributed by atoms with van der Waals surface area (Å²) in [4.78, 5) is 0. The third-order valence-electron chi connectivity index (χ3n) is 5.65. The second kappa shape index (κ2) is 5.54. The Morgan fingerprint density at radius 2 is 2.23 bits per heavy atom. The van der Waals surface area contributed by atoms with Crippen molar-refractivity contribution < 1.29 is 14.9 Å². The first kappa shape index (κ1) is 15.8. The van der Waals surface area contributed by atoms with Gasteiger partial charge in [-0.2, -0.15) is 0 Å². The van der Waals surface area contributed by atoms with Crippen LogP contribution in [-0.4, -0.2) is 28.0 Å². The van der Waals surface area contributed by atoms with Crippen LogP contribution in [0.2, 0.25) is 0 Å². The van der Waals surface area contributed by atoms with Gasteiger partial charge in [-0.3, -0.25) is 0 Å². The summed E-state index contributed by atoms with van der Waals surface area (Å²) < 4.78 is 6.18. The largest absolute Gasteiger partial charge is 0.491 e. The van der Waals surface area contributed by atoms with Gasteiger partial charge in [0.1, 0.15) is 11.9 Å². The molecule has 1 saturated carbocycles. The van der Waals surface area contributed by atoms with Crippen LogP contribution in [0, 0.1) is 17.8 Å². The maximum absolute atomic E-state index is 10.8. The molecule has 0 aromatic carbocycles. The molecule has 0 aromatic heterocycles. The van der Waals surface area contributed by atoms with Gasteiger partial charge >= 0.3 is 0 Å². The van der Waals surface area contributed by atoms with Crippen molar-refractivity contribution in [2.45, 2.75) is 64.3 Å². The van der Waals surface area contributed by atoms with E-state index < -0.39 is 11.7 Å². The molecule has 2 N–H and O–H groups in total. The lowest BCUT2D eigenvalue weighted by Crippen LogP contribution is -2.51. The fraction of sp³-hybridized carbons (Fsp3) is 0.684. The minimum absolute atomic E-state index is 0.0425. The van der Waals surface area contributed by atoms with E-state index in [-0.39, 0.29) is 17.9 Å². The SMILES string of the molecule is C=C(C)[C@@H]1CC[C@](C)(O)[C@H]2OC3=CC(CCC)=CC(O)C3[C@@H]12. The van der Waals surface area contributed by atoms with Crippen molar-refractivity contribution in [1.82, 2.24) is 0 Å². The number of fused-ring (bicyclic) bond motifs is 3. The van der Waals surface area contributed by atoms with E-state index in [9.17, 15) is 10.2 Å². The minimum Gasteiger partial charge on any atom is -0.491 e. The third-order valence-corrected chi connectivity index (χ3v) is 5.65. The summed E-state index contributed by atoms with van der Waals surface area (Å²) in [7, 11) is 0. The van der Waals surface area contributed by atoms with Crippen LogP contribution in [0.15, 0.2) is 35.6 Å². The van der Waals surface area contributed by atoms with Gasteiger partial charge in [-0.25, -0.2) is 0 Å². The molecule has 0 bridgehead atoms. The van der Waals surface area contributed by atoms with Crippen molar-refractivity contribution in [2.24, 2.45) is 17.8 Å². The van der Waals surface area contributed by atoms with Gasteiger partial charge in [0.25, 0.3) is 0 Å². The molecule has 1 saturated heterocycles. The van der Waals surface area contributed by atoms with E-state index in [1.54, 1.807) is 0 Å². The lowest BCUT2D eigenvalue weighted by atomic mass is 9.63. The molecule has 0 amide bonds. The molecule has 122 valence electrons. The zero-order chi connectivity index (χ0) is 16.1. The first-order valence-corrected chi connectivity index (χ1v) is 8.50. The van der Waals surface area contributed by atoms with Crippen molar-refractivity contribution in [3.05, 3.63) is 35.6 Å². The Labute approximate surface area is 133 Å². The van der Waals surface area contributed by atoms with Gasteiger partial charge in [-0.05, 0) is 50.7 Å². The summed E-state index contributed by atoms with van der Waals surface area (Å²) in [5.41, 5.74) is 1.44. The van der Waals surface area contributed by atoms with Crippen LogP contribution in [0.3, 0.4) is 0 Å². The molecule has 2 fully saturated rings. The number of hydrogen-bond donors (Lipinski definition) is 2. The Kier molecular flexibility index (Phi) is 3.98. The van der Waals surface area contributed by atoms with Crippen LogP contribution >= 0.6 is 0 Å². The first-order chi connectivity index (χ1) is 10.3. The minimum atomic E-state index is -0.834. The second-order valence-corrected chi connectivity index (χ2v) is 7.52. The monoisotopic (exact) mass is 304 g/mol.